The van der Waals surface area contributed by atoms with Crippen LogP contribution in [-0.2, 0) is 4.79 Å². The van der Waals surface area contributed by atoms with Gasteiger partial charge in [-0.2, -0.15) is 0 Å². The zero-order valence-electron chi connectivity index (χ0n) is 13.1. The molecule has 1 aromatic rings. The average Bonchev–Trinajstić information content (AvgIpc) is 2.77. The fourth-order valence-corrected chi connectivity index (χ4v) is 4.23. The Bertz CT molecular complexity index is 537. The van der Waals surface area contributed by atoms with Crippen molar-refractivity contribution in [3.8, 4) is 0 Å². The van der Waals surface area contributed by atoms with Crippen molar-refractivity contribution in [2.24, 2.45) is 5.92 Å². The van der Waals surface area contributed by atoms with Crippen LogP contribution in [0, 0.1) is 11.7 Å². The number of hydrogen-bond donors (Lipinski definition) is 2. The van der Waals surface area contributed by atoms with Gasteiger partial charge in [0.25, 0.3) is 0 Å². The van der Waals surface area contributed by atoms with E-state index >= 15 is 0 Å². The van der Waals surface area contributed by atoms with Crippen LogP contribution in [0.1, 0.15) is 50.6 Å². The van der Waals surface area contributed by atoms with Crippen LogP contribution >= 0.6 is 24.0 Å². The third-order valence-corrected chi connectivity index (χ3v) is 5.18. The third kappa shape index (κ3) is 4.37. The van der Waals surface area contributed by atoms with Crippen LogP contribution in [0.25, 0.3) is 0 Å². The van der Waals surface area contributed by atoms with Gasteiger partial charge in [-0.3, -0.25) is 4.79 Å². The molecule has 3 atom stereocenters. The standard InChI is InChI=1S/C17H22ClFN2O.ClH/c1-10(17-14(18)3-2-4-15(17)19)20-16(22)9-11-7-12-5-6-13(8-11)21-12;/h2-4,10-13,21H,5-9H2,1H3,(H,20,22);1H. The highest BCUT2D eigenvalue weighted by Gasteiger charge is 2.34. The van der Waals surface area contributed by atoms with E-state index in [4.69, 9.17) is 11.6 Å². The molecule has 2 aliphatic rings. The molecule has 2 aliphatic heterocycles. The molecule has 0 aliphatic carbocycles. The maximum atomic E-state index is 13.9. The molecule has 0 aromatic heterocycles. The van der Waals surface area contributed by atoms with E-state index < -0.39 is 6.04 Å². The molecular formula is C17H23Cl2FN2O. The minimum Gasteiger partial charge on any atom is -0.349 e. The number of halogens is 3. The van der Waals surface area contributed by atoms with Crippen LogP contribution in [-0.4, -0.2) is 18.0 Å². The molecule has 23 heavy (non-hydrogen) atoms. The molecule has 1 aromatic carbocycles. The maximum absolute atomic E-state index is 13.9. The second-order valence-corrected chi connectivity index (χ2v) is 7.01. The Labute approximate surface area is 147 Å². The fourth-order valence-electron chi connectivity index (χ4n) is 3.90. The molecule has 2 fully saturated rings. The molecule has 3 rings (SSSR count). The van der Waals surface area contributed by atoms with Crippen molar-refractivity contribution < 1.29 is 9.18 Å². The Morgan fingerprint density at radius 3 is 2.65 bits per heavy atom. The Morgan fingerprint density at radius 2 is 2.04 bits per heavy atom. The number of rotatable bonds is 4. The SMILES string of the molecule is CC(NC(=O)CC1CC2CCC(C1)N2)c1c(F)cccc1Cl.Cl. The third-order valence-electron chi connectivity index (χ3n) is 4.85. The smallest absolute Gasteiger partial charge is 0.220 e. The lowest BCUT2D eigenvalue weighted by Crippen LogP contribution is -2.40. The Kier molecular flexibility index (Phi) is 6.29. The first-order chi connectivity index (χ1) is 10.5. The summed E-state index contributed by atoms with van der Waals surface area (Å²) in [5.41, 5.74) is 0.364. The summed E-state index contributed by atoms with van der Waals surface area (Å²) in [6, 6.07) is 5.33. The number of benzene rings is 1. The zero-order valence-corrected chi connectivity index (χ0v) is 14.7. The van der Waals surface area contributed by atoms with E-state index in [2.05, 4.69) is 10.6 Å². The number of amides is 1. The minimum atomic E-state index is -0.417. The van der Waals surface area contributed by atoms with Crippen LogP contribution in [0.5, 0.6) is 0 Å². The summed E-state index contributed by atoms with van der Waals surface area (Å²) < 4.78 is 13.9. The second-order valence-electron chi connectivity index (χ2n) is 6.60. The van der Waals surface area contributed by atoms with Crippen molar-refractivity contribution in [1.82, 2.24) is 10.6 Å². The quantitative estimate of drug-likeness (QED) is 0.851. The summed E-state index contributed by atoms with van der Waals surface area (Å²) in [5.74, 6) is 0.0420. The predicted molar refractivity (Wildman–Crippen MR) is 92.5 cm³/mol. The first kappa shape index (κ1) is 18.5. The Hall–Kier alpha value is -0.840. The molecule has 0 radical (unpaired) electrons. The first-order valence-corrected chi connectivity index (χ1v) is 8.40. The number of fused-ring (bicyclic) bond motifs is 2. The maximum Gasteiger partial charge on any atom is 0.220 e. The van der Waals surface area contributed by atoms with E-state index in [0.717, 1.165) is 12.8 Å². The highest BCUT2D eigenvalue weighted by molar-refractivity contribution is 6.31. The van der Waals surface area contributed by atoms with Gasteiger partial charge >= 0.3 is 0 Å². The highest BCUT2D eigenvalue weighted by atomic mass is 35.5. The van der Waals surface area contributed by atoms with E-state index in [0.29, 0.717) is 35.0 Å². The van der Waals surface area contributed by atoms with E-state index in [9.17, 15) is 9.18 Å². The molecule has 1 amide bonds. The molecule has 6 heteroatoms. The van der Waals surface area contributed by atoms with Gasteiger partial charge in [-0.15, -0.1) is 12.4 Å². The van der Waals surface area contributed by atoms with Gasteiger partial charge in [0, 0.05) is 29.1 Å². The van der Waals surface area contributed by atoms with Crippen molar-refractivity contribution in [3.63, 3.8) is 0 Å². The van der Waals surface area contributed by atoms with Crippen molar-refractivity contribution in [3.05, 3.63) is 34.6 Å². The van der Waals surface area contributed by atoms with Gasteiger partial charge in [-0.05, 0) is 50.7 Å². The number of carbonyl (C=O) groups is 1. The van der Waals surface area contributed by atoms with E-state index in [1.807, 2.05) is 0 Å². The average molecular weight is 361 g/mol. The normalized spacial score (nSPS) is 27.2. The number of piperidine rings is 1. The number of carbonyl (C=O) groups excluding carboxylic acids is 1. The molecular weight excluding hydrogens is 338 g/mol. The second kappa shape index (κ2) is 7.82. The molecule has 3 nitrogen and oxygen atoms in total. The largest absolute Gasteiger partial charge is 0.349 e. The molecule has 2 N–H and O–H groups in total. The van der Waals surface area contributed by atoms with Crippen LogP contribution in [0.2, 0.25) is 5.02 Å². The van der Waals surface area contributed by atoms with Crippen LogP contribution in [0.15, 0.2) is 18.2 Å². The fraction of sp³-hybridized carbons (Fsp3) is 0.588. The number of hydrogen-bond acceptors (Lipinski definition) is 2. The Balaban J connectivity index is 0.00000192. The monoisotopic (exact) mass is 360 g/mol. The zero-order chi connectivity index (χ0) is 15.7. The van der Waals surface area contributed by atoms with Crippen molar-refractivity contribution in [2.75, 3.05) is 0 Å². The van der Waals surface area contributed by atoms with Gasteiger partial charge in [0.15, 0.2) is 0 Å². The molecule has 0 saturated carbocycles. The number of nitrogens with one attached hydrogen (secondary N) is 2. The van der Waals surface area contributed by atoms with Crippen LogP contribution < -0.4 is 10.6 Å². The van der Waals surface area contributed by atoms with Crippen molar-refractivity contribution >= 4 is 29.9 Å². The summed E-state index contributed by atoms with van der Waals surface area (Å²) in [5, 5.41) is 6.82. The summed E-state index contributed by atoms with van der Waals surface area (Å²) in [6.07, 6.45) is 5.11. The van der Waals surface area contributed by atoms with Crippen LogP contribution in [0.4, 0.5) is 4.39 Å². The van der Waals surface area contributed by atoms with E-state index in [-0.39, 0.29) is 24.1 Å². The topological polar surface area (TPSA) is 41.1 Å². The predicted octanol–water partition coefficient (Wildman–Crippen LogP) is 4.00. The lowest BCUT2D eigenvalue weighted by atomic mass is 9.89. The summed E-state index contributed by atoms with van der Waals surface area (Å²) >= 11 is 6.05. The molecule has 0 spiro atoms. The van der Waals surface area contributed by atoms with Gasteiger partial charge in [0.2, 0.25) is 5.91 Å². The minimum absolute atomic E-state index is 0. The summed E-state index contributed by atoms with van der Waals surface area (Å²) in [7, 11) is 0. The van der Waals surface area contributed by atoms with Gasteiger partial charge in [0.1, 0.15) is 5.82 Å². The molecule has 2 bridgehead atoms. The van der Waals surface area contributed by atoms with Gasteiger partial charge < -0.3 is 10.6 Å². The van der Waals surface area contributed by atoms with E-state index in [1.165, 1.54) is 18.9 Å². The Morgan fingerprint density at radius 1 is 1.39 bits per heavy atom. The summed E-state index contributed by atoms with van der Waals surface area (Å²) in [4.78, 5) is 12.3. The first-order valence-electron chi connectivity index (χ1n) is 8.02. The van der Waals surface area contributed by atoms with Gasteiger partial charge in [0.05, 0.1) is 6.04 Å². The summed E-state index contributed by atoms with van der Waals surface area (Å²) in [6.45, 7) is 1.77. The lowest BCUT2D eigenvalue weighted by Gasteiger charge is -2.29. The molecule has 128 valence electrons. The molecule has 3 unspecified atom stereocenters. The molecule has 2 saturated heterocycles. The van der Waals surface area contributed by atoms with Crippen LogP contribution in [0.3, 0.4) is 0 Å². The van der Waals surface area contributed by atoms with Crippen molar-refractivity contribution in [1.29, 1.82) is 0 Å². The lowest BCUT2D eigenvalue weighted by molar-refractivity contribution is -0.122. The highest BCUT2D eigenvalue weighted by Crippen LogP contribution is 2.33. The molecule has 2 heterocycles. The van der Waals surface area contributed by atoms with Gasteiger partial charge in [-0.1, -0.05) is 17.7 Å². The van der Waals surface area contributed by atoms with E-state index in [1.54, 1.807) is 19.1 Å². The van der Waals surface area contributed by atoms with Crippen molar-refractivity contribution in [2.45, 2.75) is 57.2 Å². The van der Waals surface area contributed by atoms with Gasteiger partial charge in [-0.25, -0.2) is 4.39 Å².